The number of anilines is 1. The van der Waals surface area contributed by atoms with Crippen LogP contribution in [0.5, 0.6) is 0 Å². The Morgan fingerprint density at radius 1 is 1.19 bits per heavy atom. The molecule has 0 saturated carbocycles. The summed E-state index contributed by atoms with van der Waals surface area (Å²) in [4.78, 5) is 20.2. The second-order valence-corrected chi connectivity index (χ2v) is 9.39. The number of aromatic nitrogens is 1. The summed E-state index contributed by atoms with van der Waals surface area (Å²) in [5.41, 5.74) is 2.84. The van der Waals surface area contributed by atoms with Crippen LogP contribution >= 0.6 is 22.9 Å². The number of carbonyl (C=O) groups is 1. The minimum atomic E-state index is 0.0367. The van der Waals surface area contributed by atoms with Crippen molar-refractivity contribution in [1.29, 1.82) is 0 Å². The van der Waals surface area contributed by atoms with Gasteiger partial charge in [0.05, 0.1) is 29.3 Å². The first kappa shape index (κ1) is 20.4. The van der Waals surface area contributed by atoms with Crippen LogP contribution in [0.4, 0.5) is 5.13 Å². The molecule has 1 atom stereocenters. The molecule has 4 aromatic rings. The Morgan fingerprint density at radius 2 is 2.03 bits per heavy atom. The molecule has 6 heteroatoms. The van der Waals surface area contributed by atoms with Crippen molar-refractivity contribution in [2.24, 2.45) is 0 Å². The van der Waals surface area contributed by atoms with Gasteiger partial charge in [-0.3, -0.25) is 9.69 Å². The number of aryl methyl sites for hydroxylation is 1. The smallest absolute Gasteiger partial charge is 0.233 e. The van der Waals surface area contributed by atoms with Gasteiger partial charge in [-0.05, 0) is 53.8 Å². The number of fused-ring (bicyclic) bond motifs is 2. The van der Waals surface area contributed by atoms with Gasteiger partial charge in [-0.15, -0.1) is 0 Å². The van der Waals surface area contributed by atoms with Gasteiger partial charge in [-0.1, -0.05) is 65.4 Å². The molecular formula is C25H23ClN2O2S. The zero-order chi connectivity index (χ0) is 21.4. The lowest BCUT2D eigenvalue weighted by Crippen LogP contribution is -2.38. The molecule has 1 aromatic heterocycles. The number of benzene rings is 3. The summed E-state index contributed by atoms with van der Waals surface area (Å²) < 4.78 is 6.89. The molecule has 1 fully saturated rings. The fourth-order valence-electron chi connectivity index (χ4n) is 4.19. The summed E-state index contributed by atoms with van der Waals surface area (Å²) in [6.45, 7) is 3.25. The van der Waals surface area contributed by atoms with Gasteiger partial charge < -0.3 is 4.74 Å². The lowest BCUT2D eigenvalue weighted by atomic mass is 10.0. The van der Waals surface area contributed by atoms with E-state index in [1.807, 2.05) is 48.2 Å². The highest BCUT2D eigenvalue weighted by atomic mass is 35.5. The summed E-state index contributed by atoms with van der Waals surface area (Å²) >= 11 is 7.84. The van der Waals surface area contributed by atoms with Gasteiger partial charge in [-0.2, -0.15) is 0 Å². The van der Waals surface area contributed by atoms with Crippen molar-refractivity contribution in [2.45, 2.75) is 32.3 Å². The summed E-state index contributed by atoms with van der Waals surface area (Å²) in [7, 11) is 0. The Bertz CT molecular complexity index is 1260. The van der Waals surface area contributed by atoms with Crippen molar-refractivity contribution in [1.82, 2.24) is 4.98 Å². The highest BCUT2D eigenvalue weighted by Gasteiger charge is 2.27. The lowest BCUT2D eigenvalue weighted by molar-refractivity contribution is -0.118. The number of rotatable bonds is 5. The molecule has 0 bridgehead atoms. The van der Waals surface area contributed by atoms with E-state index in [0.29, 0.717) is 23.1 Å². The minimum Gasteiger partial charge on any atom is -0.376 e. The number of amides is 1. The molecule has 158 valence electrons. The highest BCUT2D eigenvalue weighted by molar-refractivity contribution is 7.22. The van der Waals surface area contributed by atoms with E-state index in [4.69, 9.17) is 21.3 Å². The molecule has 0 aliphatic carbocycles. The largest absolute Gasteiger partial charge is 0.376 e. The van der Waals surface area contributed by atoms with Crippen LogP contribution < -0.4 is 4.90 Å². The van der Waals surface area contributed by atoms with Crippen molar-refractivity contribution in [3.05, 3.63) is 70.7 Å². The molecule has 1 aliphatic rings. The second kappa shape index (κ2) is 8.58. The zero-order valence-electron chi connectivity index (χ0n) is 17.3. The van der Waals surface area contributed by atoms with Gasteiger partial charge in [0.2, 0.25) is 5.91 Å². The molecule has 0 radical (unpaired) electrons. The first-order valence-corrected chi connectivity index (χ1v) is 11.7. The van der Waals surface area contributed by atoms with Gasteiger partial charge in [0.25, 0.3) is 0 Å². The molecule has 1 aliphatic heterocycles. The van der Waals surface area contributed by atoms with E-state index in [1.165, 1.54) is 11.3 Å². The third kappa shape index (κ3) is 4.05. The number of nitrogens with zero attached hydrogens (tertiary/aromatic N) is 2. The maximum atomic E-state index is 13.6. The molecule has 0 N–H and O–H groups in total. The molecule has 0 spiro atoms. The quantitative estimate of drug-likeness (QED) is 0.365. The third-order valence-electron chi connectivity index (χ3n) is 5.90. The lowest BCUT2D eigenvalue weighted by Gasteiger charge is -2.23. The van der Waals surface area contributed by atoms with E-state index in [0.717, 1.165) is 51.6 Å². The topological polar surface area (TPSA) is 42.4 Å². The number of thiazole rings is 1. The Hall–Kier alpha value is -2.47. The molecule has 2 heterocycles. The van der Waals surface area contributed by atoms with Crippen molar-refractivity contribution >= 4 is 55.0 Å². The molecule has 3 aromatic carbocycles. The Morgan fingerprint density at radius 3 is 2.87 bits per heavy atom. The normalized spacial score (nSPS) is 16.3. The van der Waals surface area contributed by atoms with Crippen LogP contribution in [-0.2, 0) is 16.0 Å². The van der Waals surface area contributed by atoms with Gasteiger partial charge in [0.15, 0.2) is 5.13 Å². The number of halogens is 1. The standard InChI is InChI=1S/C25H23ClN2O2S/c1-16-21(26)11-12-22-24(16)27-25(31-22)28(15-19-9-5-13-30-19)23(29)14-18-8-4-7-17-6-2-3-10-20(17)18/h2-4,6-8,10-12,19H,5,9,13-15H2,1H3. The van der Waals surface area contributed by atoms with Crippen LogP contribution in [0.1, 0.15) is 24.0 Å². The monoisotopic (exact) mass is 450 g/mol. The van der Waals surface area contributed by atoms with Gasteiger partial charge in [0.1, 0.15) is 0 Å². The maximum absolute atomic E-state index is 13.6. The second-order valence-electron chi connectivity index (χ2n) is 7.97. The minimum absolute atomic E-state index is 0.0367. The first-order chi connectivity index (χ1) is 15.1. The Kier molecular flexibility index (Phi) is 5.65. The number of hydrogen-bond acceptors (Lipinski definition) is 4. The Labute approximate surface area is 190 Å². The number of ether oxygens (including phenoxy) is 1. The SMILES string of the molecule is Cc1c(Cl)ccc2sc(N(CC3CCCO3)C(=O)Cc3cccc4ccccc34)nc12. The Balaban J connectivity index is 1.51. The average Bonchev–Trinajstić information content (AvgIpc) is 3.45. The van der Waals surface area contributed by atoms with Gasteiger partial charge in [0, 0.05) is 11.6 Å². The van der Waals surface area contributed by atoms with Crippen LogP contribution in [0.15, 0.2) is 54.6 Å². The van der Waals surface area contributed by atoms with Crippen LogP contribution in [0, 0.1) is 6.92 Å². The van der Waals surface area contributed by atoms with Crippen LogP contribution in [0.3, 0.4) is 0 Å². The summed E-state index contributed by atoms with van der Waals surface area (Å²) in [5.74, 6) is 0.0367. The van der Waals surface area contributed by atoms with E-state index in [9.17, 15) is 4.79 Å². The van der Waals surface area contributed by atoms with Crippen LogP contribution in [0.2, 0.25) is 5.02 Å². The predicted octanol–water partition coefficient (Wildman–Crippen LogP) is 6.17. The van der Waals surface area contributed by atoms with E-state index in [2.05, 4.69) is 18.2 Å². The van der Waals surface area contributed by atoms with Gasteiger partial charge in [-0.25, -0.2) is 4.98 Å². The maximum Gasteiger partial charge on any atom is 0.233 e. The fraction of sp³-hybridized carbons (Fsp3) is 0.280. The molecular weight excluding hydrogens is 428 g/mol. The molecule has 4 nitrogen and oxygen atoms in total. The van der Waals surface area contributed by atoms with E-state index >= 15 is 0 Å². The van der Waals surface area contributed by atoms with Crippen molar-refractivity contribution in [3.8, 4) is 0 Å². The molecule has 1 amide bonds. The molecule has 31 heavy (non-hydrogen) atoms. The molecule has 1 unspecified atom stereocenters. The third-order valence-corrected chi connectivity index (χ3v) is 7.35. The van der Waals surface area contributed by atoms with E-state index < -0.39 is 0 Å². The molecule has 1 saturated heterocycles. The fourth-order valence-corrected chi connectivity index (χ4v) is 5.39. The zero-order valence-corrected chi connectivity index (χ0v) is 18.9. The van der Waals surface area contributed by atoms with Crippen LogP contribution in [0.25, 0.3) is 21.0 Å². The molecule has 5 rings (SSSR count). The number of carbonyl (C=O) groups excluding carboxylic acids is 1. The van der Waals surface area contributed by atoms with Crippen molar-refractivity contribution < 1.29 is 9.53 Å². The van der Waals surface area contributed by atoms with Crippen molar-refractivity contribution in [3.63, 3.8) is 0 Å². The van der Waals surface area contributed by atoms with E-state index in [1.54, 1.807) is 0 Å². The number of hydrogen-bond donors (Lipinski definition) is 0. The summed E-state index contributed by atoms with van der Waals surface area (Å²) in [6.07, 6.45) is 2.37. The van der Waals surface area contributed by atoms with Crippen LogP contribution in [-0.4, -0.2) is 30.1 Å². The van der Waals surface area contributed by atoms with E-state index in [-0.39, 0.29) is 12.0 Å². The summed E-state index contributed by atoms with van der Waals surface area (Å²) in [6, 6.07) is 18.2. The summed E-state index contributed by atoms with van der Waals surface area (Å²) in [5, 5.41) is 3.66. The first-order valence-electron chi connectivity index (χ1n) is 10.5. The highest BCUT2D eigenvalue weighted by Crippen LogP contribution is 2.34. The van der Waals surface area contributed by atoms with Gasteiger partial charge >= 0.3 is 0 Å². The van der Waals surface area contributed by atoms with Crippen molar-refractivity contribution in [2.75, 3.05) is 18.1 Å². The predicted molar refractivity (Wildman–Crippen MR) is 128 cm³/mol. The average molecular weight is 451 g/mol.